The molecule has 0 amide bonds. The van der Waals surface area contributed by atoms with E-state index in [1.807, 2.05) is 7.05 Å². The van der Waals surface area contributed by atoms with Gasteiger partial charge in [-0.05, 0) is 43.8 Å². The largest absolute Gasteiger partial charge is 0.319 e. The van der Waals surface area contributed by atoms with Crippen LogP contribution in [0.3, 0.4) is 0 Å². The lowest BCUT2D eigenvalue weighted by Crippen LogP contribution is -2.10. The van der Waals surface area contributed by atoms with Gasteiger partial charge < -0.3 is 5.32 Å². The van der Waals surface area contributed by atoms with Crippen LogP contribution in [-0.4, -0.2) is 13.6 Å². The van der Waals surface area contributed by atoms with E-state index in [0.717, 1.165) is 18.5 Å². The summed E-state index contributed by atoms with van der Waals surface area (Å²) >= 11 is 5.84. The molecule has 0 heterocycles. The van der Waals surface area contributed by atoms with Crippen molar-refractivity contribution in [3.8, 4) is 0 Å². The van der Waals surface area contributed by atoms with Crippen molar-refractivity contribution in [2.75, 3.05) is 13.6 Å². The molecule has 3 heteroatoms. The molecule has 0 aliphatic rings. The number of nitrogens with one attached hydrogen (secondary N) is 1. The lowest BCUT2D eigenvalue weighted by Gasteiger charge is -2.02. The van der Waals surface area contributed by atoms with Gasteiger partial charge in [0.2, 0.25) is 0 Å². The maximum atomic E-state index is 12.7. The number of likely N-dealkylation sites (N-methyl/N-ethyl adjacent to an activating group) is 1. The van der Waals surface area contributed by atoms with Gasteiger partial charge in [0, 0.05) is 5.02 Å². The molecule has 0 saturated heterocycles. The molecule has 1 nitrogen and oxygen atoms in total. The first kappa shape index (κ1) is 9.49. The zero-order valence-corrected chi connectivity index (χ0v) is 7.66. The van der Waals surface area contributed by atoms with Crippen molar-refractivity contribution in [3.05, 3.63) is 34.6 Å². The third-order valence-corrected chi connectivity index (χ3v) is 2.02. The number of hydrogen-bond donors (Lipinski definition) is 1. The van der Waals surface area contributed by atoms with Crippen LogP contribution in [0.15, 0.2) is 18.2 Å². The Labute approximate surface area is 76.5 Å². The SMILES string of the molecule is CNCCc1cc(F)ccc1Cl. The van der Waals surface area contributed by atoms with Crippen molar-refractivity contribution in [2.24, 2.45) is 0 Å². The summed E-state index contributed by atoms with van der Waals surface area (Å²) in [5.74, 6) is -0.231. The summed E-state index contributed by atoms with van der Waals surface area (Å²) in [6, 6.07) is 4.42. The Morgan fingerprint density at radius 2 is 2.25 bits per heavy atom. The summed E-state index contributed by atoms with van der Waals surface area (Å²) in [7, 11) is 1.85. The smallest absolute Gasteiger partial charge is 0.123 e. The second-order valence-corrected chi connectivity index (χ2v) is 3.00. The fraction of sp³-hybridized carbons (Fsp3) is 0.333. The maximum Gasteiger partial charge on any atom is 0.123 e. The van der Waals surface area contributed by atoms with Gasteiger partial charge in [-0.2, -0.15) is 0 Å². The first-order chi connectivity index (χ1) is 5.74. The average molecular weight is 188 g/mol. The van der Waals surface area contributed by atoms with Crippen molar-refractivity contribution in [2.45, 2.75) is 6.42 Å². The fourth-order valence-electron chi connectivity index (χ4n) is 0.995. The van der Waals surface area contributed by atoms with Crippen LogP contribution in [0.4, 0.5) is 4.39 Å². The van der Waals surface area contributed by atoms with E-state index < -0.39 is 0 Å². The third kappa shape index (κ3) is 2.47. The third-order valence-electron chi connectivity index (χ3n) is 1.65. The molecule has 0 atom stereocenters. The minimum atomic E-state index is -0.231. The normalized spacial score (nSPS) is 10.2. The quantitative estimate of drug-likeness (QED) is 0.766. The number of rotatable bonds is 3. The van der Waals surface area contributed by atoms with Crippen molar-refractivity contribution in [3.63, 3.8) is 0 Å². The molecule has 0 aliphatic heterocycles. The molecule has 0 fully saturated rings. The van der Waals surface area contributed by atoms with E-state index in [1.165, 1.54) is 12.1 Å². The Kier molecular flexibility index (Phi) is 3.50. The predicted molar refractivity (Wildman–Crippen MR) is 49.0 cm³/mol. The zero-order valence-electron chi connectivity index (χ0n) is 6.90. The van der Waals surface area contributed by atoms with E-state index in [-0.39, 0.29) is 5.82 Å². The molecule has 1 N–H and O–H groups in total. The van der Waals surface area contributed by atoms with Crippen molar-refractivity contribution in [1.29, 1.82) is 0 Å². The first-order valence-electron chi connectivity index (χ1n) is 3.82. The van der Waals surface area contributed by atoms with Gasteiger partial charge in [-0.1, -0.05) is 11.6 Å². The van der Waals surface area contributed by atoms with E-state index in [0.29, 0.717) is 5.02 Å². The van der Waals surface area contributed by atoms with Crippen LogP contribution in [-0.2, 0) is 6.42 Å². The van der Waals surface area contributed by atoms with Crippen molar-refractivity contribution >= 4 is 11.6 Å². The molecular weight excluding hydrogens is 177 g/mol. The molecule has 0 unspecified atom stereocenters. The number of halogens is 2. The number of hydrogen-bond acceptors (Lipinski definition) is 1. The fourth-order valence-corrected chi connectivity index (χ4v) is 1.21. The molecule has 0 spiro atoms. The second-order valence-electron chi connectivity index (χ2n) is 2.59. The van der Waals surface area contributed by atoms with Crippen LogP contribution in [0, 0.1) is 5.82 Å². The molecule has 1 rings (SSSR count). The van der Waals surface area contributed by atoms with Crippen LogP contribution in [0.2, 0.25) is 5.02 Å². The molecule has 0 saturated carbocycles. The van der Waals surface area contributed by atoms with Crippen molar-refractivity contribution < 1.29 is 4.39 Å². The zero-order chi connectivity index (χ0) is 8.97. The Bertz CT molecular complexity index is 263. The molecule has 1 aromatic rings. The minimum Gasteiger partial charge on any atom is -0.319 e. The van der Waals surface area contributed by atoms with Gasteiger partial charge in [-0.3, -0.25) is 0 Å². The lowest BCUT2D eigenvalue weighted by molar-refractivity contribution is 0.624. The molecule has 0 bridgehead atoms. The van der Waals surface area contributed by atoms with Crippen LogP contribution >= 0.6 is 11.6 Å². The van der Waals surface area contributed by atoms with Crippen LogP contribution in [0.1, 0.15) is 5.56 Å². The van der Waals surface area contributed by atoms with Crippen LogP contribution in [0.25, 0.3) is 0 Å². The monoisotopic (exact) mass is 187 g/mol. The average Bonchev–Trinajstić information content (AvgIpc) is 2.07. The number of benzene rings is 1. The van der Waals surface area contributed by atoms with E-state index >= 15 is 0 Å². The van der Waals surface area contributed by atoms with Gasteiger partial charge in [-0.25, -0.2) is 4.39 Å². The van der Waals surface area contributed by atoms with Gasteiger partial charge in [0.15, 0.2) is 0 Å². The highest BCUT2D eigenvalue weighted by Gasteiger charge is 2.00. The van der Waals surface area contributed by atoms with Gasteiger partial charge in [-0.15, -0.1) is 0 Å². The van der Waals surface area contributed by atoms with Crippen LogP contribution in [0.5, 0.6) is 0 Å². The minimum absolute atomic E-state index is 0.231. The summed E-state index contributed by atoms with van der Waals surface area (Å²) in [5, 5.41) is 3.61. The Morgan fingerprint density at radius 1 is 1.50 bits per heavy atom. The molecule has 66 valence electrons. The van der Waals surface area contributed by atoms with Gasteiger partial charge in [0.05, 0.1) is 0 Å². The van der Waals surface area contributed by atoms with E-state index in [2.05, 4.69) is 5.32 Å². The summed E-state index contributed by atoms with van der Waals surface area (Å²) in [5.41, 5.74) is 0.853. The first-order valence-corrected chi connectivity index (χ1v) is 4.20. The summed E-state index contributed by atoms with van der Waals surface area (Å²) in [4.78, 5) is 0. The van der Waals surface area contributed by atoms with Gasteiger partial charge >= 0.3 is 0 Å². The van der Waals surface area contributed by atoms with Gasteiger partial charge in [0.25, 0.3) is 0 Å². The highest BCUT2D eigenvalue weighted by molar-refractivity contribution is 6.31. The van der Waals surface area contributed by atoms with E-state index in [4.69, 9.17) is 11.6 Å². The molecule has 0 radical (unpaired) electrons. The molecular formula is C9H11ClFN. The van der Waals surface area contributed by atoms with E-state index in [1.54, 1.807) is 6.07 Å². The Balaban J connectivity index is 2.75. The maximum absolute atomic E-state index is 12.7. The molecule has 12 heavy (non-hydrogen) atoms. The topological polar surface area (TPSA) is 12.0 Å². The van der Waals surface area contributed by atoms with Gasteiger partial charge in [0.1, 0.15) is 5.82 Å². The Hall–Kier alpha value is -0.600. The molecule has 0 aromatic heterocycles. The standard InChI is InChI=1S/C9H11ClFN/c1-12-5-4-7-6-8(11)2-3-9(7)10/h2-3,6,12H,4-5H2,1H3. The van der Waals surface area contributed by atoms with Crippen molar-refractivity contribution in [1.82, 2.24) is 5.32 Å². The summed E-state index contributed by atoms with van der Waals surface area (Å²) in [6.07, 6.45) is 0.757. The lowest BCUT2D eigenvalue weighted by atomic mass is 10.1. The Morgan fingerprint density at radius 3 is 2.92 bits per heavy atom. The molecule has 1 aromatic carbocycles. The summed E-state index contributed by atoms with van der Waals surface area (Å²) < 4.78 is 12.7. The predicted octanol–water partition coefficient (Wildman–Crippen LogP) is 2.24. The molecule has 0 aliphatic carbocycles. The second kappa shape index (κ2) is 4.43. The summed E-state index contributed by atoms with van der Waals surface area (Å²) in [6.45, 7) is 0.809. The van der Waals surface area contributed by atoms with Crippen LogP contribution < -0.4 is 5.32 Å². The van der Waals surface area contributed by atoms with E-state index in [9.17, 15) is 4.39 Å². The highest BCUT2D eigenvalue weighted by Crippen LogP contribution is 2.16. The highest BCUT2D eigenvalue weighted by atomic mass is 35.5.